The van der Waals surface area contributed by atoms with E-state index in [1.54, 1.807) is 11.4 Å². The van der Waals surface area contributed by atoms with Crippen molar-refractivity contribution in [3.05, 3.63) is 58.9 Å². The lowest BCUT2D eigenvalue weighted by Gasteiger charge is -2.13. The summed E-state index contributed by atoms with van der Waals surface area (Å²) in [6.07, 6.45) is -4.45. The number of benzene rings is 1. The lowest BCUT2D eigenvalue weighted by atomic mass is 10.2. The number of carbonyl (C=O) groups is 1. The van der Waals surface area contributed by atoms with Crippen LogP contribution in [0.2, 0.25) is 0 Å². The molecule has 0 aliphatic rings. The number of anilines is 1. The zero-order valence-corrected chi connectivity index (χ0v) is 16.0. The molecular formula is C19H18F3N3O2S. The smallest absolute Gasteiger partial charge is 0.422 e. The van der Waals surface area contributed by atoms with E-state index in [9.17, 15) is 18.0 Å². The molecule has 0 saturated carbocycles. The van der Waals surface area contributed by atoms with E-state index in [2.05, 4.69) is 10.3 Å². The number of alkyl halides is 3. The average Bonchev–Trinajstić information content (AvgIpc) is 3.19. The first-order valence-electron chi connectivity index (χ1n) is 8.41. The Balaban J connectivity index is 1.67. The van der Waals surface area contributed by atoms with Crippen LogP contribution in [0.1, 0.15) is 17.1 Å². The third-order valence-electron chi connectivity index (χ3n) is 3.90. The summed E-state index contributed by atoms with van der Waals surface area (Å²) in [5.74, 6) is -0.424. The largest absolute Gasteiger partial charge is 0.482 e. The Labute approximate surface area is 163 Å². The van der Waals surface area contributed by atoms with Gasteiger partial charge < -0.3 is 10.1 Å². The Bertz CT molecular complexity index is 959. The van der Waals surface area contributed by atoms with Gasteiger partial charge in [-0.25, -0.2) is 4.98 Å². The highest BCUT2D eigenvalue weighted by Gasteiger charge is 2.29. The summed E-state index contributed by atoms with van der Waals surface area (Å²) in [6, 6.07) is 9.98. The number of thiazole rings is 1. The van der Waals surface area contributed by atoms with Crippen molar-refractivity contribution in [1.82, 2.24) is 9.55 Å². The maximum atomic E-state index is 12.4. The molecule has 2 aromatic heterocycles. The number of nitrogens with one attached hydrogen (secondary N) is 1. The lowest BCUT2D eigenvalue weighted by molar-refractivity contribution is -0.153. The van der Waals surface area contributed by atoms with Crippen LogP contribution in [-0.4, -0.2) is 28.2 Å². The number of amides is 1. The highest BCUT2D eigenvalue weighted by molar-refractivity contribution is 7.12. The van der Waals surface area contributed by atoms with E-state index in [4.69, 9.17) is 4.74 Å². The SMILES string of the molecule is Cc1ccc(C)n1-c1nc(CC(=O)Nc2ccccc2OCC(F)(F)F)cs1. The molecule has 3 rings (SSSR count). The van der Waals surface area contributed by atoms with E-state index in [1.807, 2.05) is 30.5 Å². The summed E-state index contributed by atoms with van der Waals surface area (Å²) < 4.78 is 43.9. The number of rotatable bonds is 6. The van der Waals surface area contributed by atoms with Crippen LogP contribution in [-0.2, 0) is 11.2 Å². The van der Waals surface area contributed by atoms with Crippen molar-refractivity contribution >= 4 is 22.9 Å². The number of hydrogen-bond acceptors (Lipinski definition) is 4. The van der Waals surface area contributed by atoms with Crippen molar-refractivity contribution in [2.24, 2.45) is 0 Å². The first kappa shape index (κ1) is 19.9. The molecule has 3 aromatic rings. The number of aryl methyl sites for hydroxylation is 2. The van der Waals surface area contributed by atoms with Gasteiger partial charge in [0.1, 0.15) is 5.75 Å². The fraction of sp³-hybridized carbons (Fsp3) is 0.263. The summed E-state index contributed by atoms with van der Waals surface area (Å²) >= 11 is 1.42. The summed E-state index contributed by atoms with van der Waals surface area (Å²) in [6.45, 7) is 2.52. The molecule has 0 fully saturated rings. The standard InChI is InChI=1S/C19H18F3N3O2S/c1-12-7-8-13(2)25(12)18-23-14(10-28-18)9-17(26)24-15-5-3-4-6-16(15)27-11-19(20,21)22/h3-8,10H,9,11H2,1-2H3,(H,24,26). The number of halogens is 3. The molecule has 148 valence electrons. The van der Waals surface area contributed by atoms with Crippen LogP contribution in [0.5, 0.6) is 5.75 Å². The molecule has 28 heavy (non-hydrogen) atoms. The van der Waals surface area contributed by atoms with Crippen molar-refractivity contribution in [3.8, 4) is 10.9 Å². The molecule has 0 radical (unpaired) electrons. The fourth-order valence-electron chi connectivity index (χ4n) is 2.66. The van der Waals surface area contributed by atoms with Gasteiger partial charge in [0.15, 0.2) is 11.7 Å². The number of aromatic nitrogens is 2. The molecule has 2 heterocycles. The average molecular weight is 409 g/mol. The highest BCUT2D eigenvalue weighted by Crippen LogP contribution is 2.27. The van der Waals surface area contributed by atoms with Crippen LogP contribution in [0, 0.1) is 13.8 Å². The number of carbonyl (C=O) groups excluding carboxylic acids is 1. The van der Waals surface area contributed by atoms with Gasteiger partial charge in [-0.15, -0.1) is 11.3 Å². The van der Waals surface area contributed by atoms with Gasteiger partial charge in [-0.2, -0.15) is 13.2 Å². The minimum Gasteiger partial charge on any atom is -0.482 e. The van der Waals surface area contributed by atoms with Crippen molar-refractivity contribution < 1.29 is 22.7 Å². The predicted molar refractivity (Wildman–Crippen MR) is 101 cm³/mol. The molecule has 5 nitrogen and oxygen atoms in total. The molecule has 0 bridgehead atoms. The van der Waals surface area contributed by atoms with Crippen LogP contribution in [0.25, 0.3) is 5.13 Å². The second kappa shape index (κ2) is 8.05. The molecule has 0 aliphatic carbocycles. The molecule has 0 saturated heterocycles. The van der Waals surface area contributed by atoms with Gasteiger partial charge in [0.25, 0.3) is 0 Å². The number of para-hydroxylation sites is 2. The van der Waals surface area contributed by atoms with Crippen molar-refractivity contribution in [1.29, 1.82) is 0 Å². The van der Waals surface area contributed by atoms with Gasteiger partial charge in [-0.1, -0.05) is 12.1 Å². The van der Waals surface area contributed by atoms with Crippen LogP contribution in [0.3, 0.4) is 0 Å². The third-order valence-corrected chi connectivity index (χ3v) is 4.77. The number of hydrogen-bond donors (Lipinski definition) is 1. The summed E-state index contributed by atoms with van der Waals surface area (Å²) in [4.78, 5) is 16.8. The fourth-order valence-corrected chi connectivity index (χ4v) is 3.61. The quantitative estimate of drug-likeness (QED) is 0.644. The van der Waals surface area contributed by atoms with E-state index in [1.165, 1.54) is 29.5 Å². The Morgan fingerprint density at radius 1 is 1.18 bits per heavy atom. The predicted octanol–water partition coefficient (Wildman–Crippen LogP) is 4.67. The summed E-state index contributed by atoms with van der Waals surface area (Å²) in [5, 5.41) is 5.14. The molecule has 9 heteroatoms. The minimum absolute atomic E-state index is 0.00344. The van der Waals surface area contributed by atoms with Crippen LogP contribution < -0.4 is 10.1 Å². The normalized spacial score (nSPS) is 11.5. The Hall–Kier alpha value is -2.81. The molecule has 1 amide bonds. The van der Waals surface area contributed by atoms with E-state index >= 15 is 0 Å². The lowest BCUT2D eigenvalue weighted by Crippen LogP contribution is -2.20. The van der Waals surface area contributed by atoms with Crippen molar-refractivity contribution in [3.63, 3.8) is 0 Å². The Kier molecular flexibility index (Phi) is 5.73. The van der Waals surface area contributed by atoms with Gasteiger partial charge in [0.2, 0.25) is 5.91 Å². The maximum Gasteiger partial charge on any atom is 0.422 e. The Morgan fingerprint density at radius 2 is 1.86 bits per heavy atom. The number of nitrogens with zero attached hydrogens (tertiary/aromatic N) is 2. The van der Waals surface area contributed by atoms with Gasteiger partial charge in [0.05, 0.1) is 17.8 Å². The highest BCUT2D eigenvalue weighted by atomic mass is 32.1. The summed E-state index contributed by atoms with van der Waals surface area (Å²) in [5.41, 5.74) is 2.85. The first-order valence-corrected chi connectivity index (χ1v) is 9.29. The maximum absolute atomic E-state index is 12.4. The molecule has 1 aromatic carbocycles. The molecule has 0 spiro atoms. The molecule has 0 atom stereocenters. The van der Waals surface area contributed by atoms with Gasteiger partial charge in [-0.05, 0) is 38.1 Å². The Morgan fingerprint density at radius 3 is 2.54 bits per heavy atom. The van der Waals surface area contributed by atoms with E-state index < -0.39 is 12.8 Å². The monoisotopic (exact) mass is 409 g/mol. The molecule has 1 N–H and O–H groups in total. The van der Waals surface area contributed by atoms with Gasteiger partial charge in [0, 0.05) is 16.8 Å². The van der Waals surface area contributed by atoms with Gasteiger partial charge >= 0.3 is 6.18 Å². The zero-order valence-electron chi connectivity index (χ0n) is 15.2. The van der Waals surface area contributed by atoms with E-state index in [0.29, 0.717) is 5.69 Å². The topological polar surface area (TPSA) is 56.2 Å². The minimum atomic E-state index is -4.46. The third kappa shape index (κ3) is 4.92. The van der Waals surface area contributed by atoms with Crippen LogP contribution >= 0.6 is 11.3 Å². The van der Waals surface area contributed by atoms with Crippen molar-refractivity contribution in [2.75, 3.05) is 11.9 Å². The molecular weight excluding hydrogens is 391 g/mol. The van der Waals surface area contributed by atoms with Gasteiger partial charge in [-0.3, -0.25) is 9.36 Å². The molecule has 0 unspecified atom stereocenters. The van der Waals surface area contributed by atoms with E-state index in [-0.39, 0.29) is 23.8 Å². The molecule has 0 aliphatic heterocycles. The van der Waals surface area contributed by atoms with Crippen molar-refractivity contribution in [2.45, 2.75) is 26.4 Å². The van der Waals surface area contributed by atoms with Crippen LogP contribution in [0.15, 0.2) is 41.8 Å². The second-order valence-electron chi connectivity index (χ2n) is 6.20. The van der Waals surface area contributed by atoms with E-state index in [0.717, 1.165) is 16.5 Å². The second-order valence-corrected chi connectivity index (χ2v) is 7.03. The number of ether oxygens (including phenoxy) is 1. The first-order chi connectivity index (χ1) is 13.2. The van der Waals surface area contributed by atoms with Crippen LogP contribution in [0.4, 0.5) is 18.9 Å². The summed E-state index contributed by atoms with van der Waals surface area (Å²) in [7, 11) is 0. The zero-order chi connectivity index (χ0) is 20.3.